The molecule has 1 aliphatic rings. The van der Waals surface area contributed by atoms with Gasteiger partial charge in [0.25, 0.3) is 0 Å². The summed E-state index contributed by atoms with van der Waals surface area (Å²) in [6, 6.07) is 18.3. The molecule has 1 atom stereocenters. The molecule has 0 aromatic heterocycles. The molecule has 4 rings (SSSR count). The van der Waals surface area contributed by atoms with Gasteiger partial charge in [-0.1, -0.05) is 42.5 Å². The number of benzene rings is 3. The number of hydrogen-bond donors (Lipinski definition) is 2. The largest absolute Gasteiger partial charge is 0.504 e. The van der Waals surface area contributed by atoms with Crippen molar-refractivity contribution in [2.24, 2.45) is 0 Å². The van der Waals surface area contributed by atoms with Crippen LogP contribution < -0.4 is 0 Å². The van der Waals surface area contributed by atoms with Crippen LogP contribution in [0.2, 0.25) is 0 Å². The molecular formula is C20H18BrNO2. The molecular weight excluding hydrogens is 366 g/mol. The molecule has 2 N–H and O–H groups in total. The summed E-state index contributed by atoms with van der Waals surface area (Å²) in [5, 5.41) is 22.2. The summed E-state index contributed by atoms with van der Waals surface area (Å²) in [6.45, 7) is 0.868. The maximum atomic E-state index is 9.93. The number of aromatic hydroxyl groups is 2. The Morgan fingerprint density at radius 2 is 1.75 bits per heavy atom. The second-order valence-corrected chi connectivity index (χ2v) is 7.18. The molecule has 3 aromatic rings. The van der Waals surface area contributed by atoms with Crippen molar-refractivity contribution >= 4 is 26.9 Å². The van der Waals surface area contributed by atoms with Gasteiger partial charge in [0.05, 0.1) is 0 Å². The van der Waals surface area contributed by atoms with Gasteiger partial charge in [-0.05, 0) is 52.4 Å². The van der Waals surface area contributed by atoms with E-state index >= 15 is 0 Å². The van der Waals surface area contributed by atoms with E-state index in [1.54, 1.807) is 12.1 Å². The summed E-state index contributed by atoms with van der Waals surface area (Å²) in [4.78, 5) is 0. The highest BCUT2D eigenvalue weighted by atomic mass is 79.9. The fourth-order valence-corrected chi connectivity index (χ4v) is 4.13. The van der Waals surface area contributed by atoms with Gasteiger partial charge in [0.15, 0.2) is 11.5 Å². The van der Waals surface area contributed by atoms with Gasteiger partial charge in [0, 0.05) is 28.7 Å². The van der Waals surface area contributed by atoms with Crippen molar-refractivity contribution in [3.05, 3.63) is 71.3 Å². The molecule has 0 saturated carbocycles. The lowest BCUT2D eigenvalue weighted by atomic mass is 9.88. The third-order valence-corrected chi connectivity index (χ3v) is 5.67. The highest BCUT2D eigenvalue weighted by molar-refractivity contribution is 9.07. The van der Waals surface area contributed by atoms with Crippen LogP contribution in [0.1, 0.15) is 22.7 Å². The van der Waals surface area contributed by atoms with Crippen LogP contribution in [0.5, 0.6) is 11.5 Å². The predicted octanol–water partition coefficient (Wildman–Crippen LogP) is 4.70. The van der Waals surface area contributed by atoms with E-state index in [1.807, 2.05) is 0 Å². The van der Waals surface area contributed by atoms with Crippen LogP contribution >= 0.6 is 16.1 Å². The van der Waals surface area contributed by atoms with E-state index in [2.05, 4.69) is 62.5 Å². The maximum Gasteiger partial charge on any atom is 0.157 e. The SMILES string of the molecule is Oc1cc2c(cc1O)[C@H](Cc1cccc3ccccc13)N(Br)CC2. The standard InChI is InChI=1S/C20H18BrNO2/c21-22-9-8-15-11-19(23)20(24)12-17(15)18(22)10-14-6-3-5-13-4-1-2-7-16(13)14/h1-7,11-12,18,23-24H,8-10H2/t18-/m0/s1. The van der Waals surface area contributed by atoms with Crippen LogP contribution in [-0.4, -0.2) is 20.7 Å². The fourth-order valence-electron chi connectivity index (χ4n) is 3.58. The third kappa shape index (κ3) is 2.66. The number of nitrogens with zero attached hydrogens (tertiary/aromatic N) is 1. The molecule has 0 radical (unpaired) electrons. The Kier molecular flexibility index (Phi) is 3.94. The molecule has 0 bridgehead atoms. The molecule has 0 spiro atoms. The number of fused-ring (bicyclic) bond motifs is 2. The minimum absolute atomic E-state index is 0.0410. The Morgan fingerprint density at radius 1 is 1.00 bits per heavy atom. The van der Waals surface area contributed by atoms with Crippen molar-refractivity contribution in [3.8, 4) is 11.5 Å². The van der Waals surface area contributed by atoms with E-state index in [0.717, 1.165) is 30.5 Å². The first-order valence-corrected chi connectivity index (χ1v) is 8.78. The average molecular weight is 384 g/mol. The molecule has 3 nitrogen and oxygen atoms in total. The van der Waals surface area contributed by atoms with Gasteiger partial charge >= 0.3 is 0 Å². The molecule has 0 fully saturated rings. The van der Waals surface area contributed by atoms with Crippen LogP contribution in [-0.2, 0) is 12.8 Å². The smallest absolute Gasteiger partial charge is 0.157 e. The topological polar surface area (TPSA) is 43.7 Å². The second kappa shape index (κ2) is 6.11. The van der Waals surface area contributed by atoms with Crippen molar-refractivity contribution in [2.45, 2.75) is 18.9 Å². The number of phenolic OH excluding ortho intramolecular Hbond substituents is 2. The Balaban J connectivity index is 1.78. The highest BCUT2D eigenvalue weighted by Crippen LogP contribution is 2.40. The van der Waals surface area contributed by atoms with E-state index in [-0.39, 0.29) is 17.5 Å². The van der Waals surface area contributed by atoms with Gasteiger partial charge in [-0.25, -0.2) is 3.93 Å². The van der Waals surface area contributed by atoms with Gasteiger partial charge in [0.2, 0.25) is 0 Å². The molecule has 0 amide bonds. The summed E-state index contributed by atoms with van der Waals surface area (Å²) in [5.41, 5.74) is 3.45. The third-order valence-electron chi connectivity index (χ3n) is 4.82. The first kappa shape index (κ1) is 15.5. The number of halogens is 1. The Hall–Kier alpha value is -2.04. The average Bonchev–Trinajstić information content (AvgIpc) is 2.59. The molecule has 122 valence electrons. The zero-order valence-electron chi connectivity index (χ0n) is 13.1. The molecule has 1 aliphatic heterocycles. The van der Waals surface area contributed by atoms with Gasteiger partial charge in [-0.2, -0.15) is 0 Å². The van der Waals surface area contributed by atoms with E-state index in [0.29, 0.717) is 0 Å². The second-order valence-electron chi connectivity index (χ2n) is 6.27. The number of hydrogen-bond acceptors (Lipinski definition) is 3. The minimum Gasteiger partial charge on any atom is -0.504 e. The van der Waals surface area contributed by atoms with Crippen molar-refractivity contribution in [1.82, 2.24) is 3.93 Å². The van der Waals surface area contributed by atoms with Crippen LogP contribution in [0.4, 0.5) is 0 Å². The van der Waals surface area contributed by atoms with Crippen molar-refractivity contribution in [3.63, 3.8) is 0 Å². The molecule has 24 heavy (non-hydrogen) atoms. The first-order chi connectivity index (χ1) is 11.6. The summed E-state index contributed by atoms with van der Waals surface area (Å²) in [6.07, 6.45) is 1.68. The van der Waals surface area contributed by atoms with Gasteiger partial charge in [0.1, 0.15) is 0 Å². The zero-order chi connectivity index (χ0) is 16.7. The summed E-state index contributed by atoms with van der Waals surface area (Å²) >= 11 is 3.68. The molecule has 3 aromatic carbocycles. The Labute approximate surface area is 149 Å². The van der Waals surface area contributed by atoms with Crippen LogP contribution in [0.25, 0.3) is 10.8 Å². The maximum absolute atomic E-state index is 9.93. The van der Waals surface area contributed by atoms with Crippen LogP contribution in [0.3, 0.4) is 0 Å². The molecule has 0 aliphatic carbocycles. The molecule has 4 heteroatoms. The fraction of sp³-hybridized carbons (Fsp3) is 0.200. The summed E-state index contributed by atoms with van der Waals surface area (Å²) in [5.74, 6) is -0.0971. The van der Waals surface area contributed by atoms with Crippen molar-refractivity contribution in [2.75, 3.05) is 6.54 Å². The van der Waals surface area contributed by atoms with E-state index in [4.69, 9.17) is 0 Å². The Bertz CT molecular complexity index is 904. The quantitative estimate of drug-likeness (QED) is 0.497. The van der Waals surface area contributed by atoms with Gasteiger partial charge in [-0.15, -0.1) is 0 Å². The van der Waals surface area contributed by atoms with Crippen molar-refractivity contribution in [1.29, 1.82) is 0 Å². The van der Waals surface area contributed by atoms with E-state index in [1.165, 1.54) is 16.3 Å². The normalized spacial score (nSPS) is 17.8. The molecule has 0 saturated heterocycles. The summed E-state index contributed by atoms with van der Waals surface area (Å²) < 4.78 is 2.15. The summed E-state index contributed by atoms with van der Waals surface area (Å²) in [7, 11) is 0. The van der Waals surface area contributed by atoms with Gasteiger partial charge < -0.3 is 10.2 Å². The zero-order valence-corrected chi connectivity index (χ0v) is 14.7. The molecule has 1 heterocycles. The molecule has 0 unspecified atom stereocenters. The van der Waals surface area contributed by atoms with E-state index in [9.17, 15) is 10.2 Å². The van der Waals surface area contributed by atoms with E-state index < -0.39 is 0 Å². The lowest BCUT2D eigenvalue weighted by Crippen LogP contribution is -2.29. The minimum atomic E-state index is -0.0560. The lowest BCUT2D eigenvalue weighted by molar-refractivity contribution is 0.344. The lowest BCUT2D eigenvalue weighted by Gasteiger charge is -2.33. The highest BCUT2D eigenvalue weighted by Gasteiger charge is 2.28. The Morgan fingerprint density at radius 3 is 2.62 bits per heavy atom. The first-order valence-electron chi connectivity index (χ1n) is 8.07. The number of rotatable bonds is 2. The monoisotopic (exact) mass is 383 g/mol. The van der Waals surface area contributed by atoms with Crippen molar-refractivity contribution < 1.29 is 10.2 Å². The predicted molar refractivity (Wildman–Crippen MR) is 99.5 cm³/mol. The van der Waals surface area contributed by atoms with Crippen LogP contribution in [0.15, 0.2) is 54.6 Å². The number of phenols is 2. The van der Waals surface area contributed by atoms with Crippen LogP contribution in [0, 0.1) is 0 Å². The van der Waals surface area contributed by atoms with Gasteiger partial charge in [-0.3, -0.25) is 0 Å².